The second kappa shape index (κ2) is 7.16. The Bertz CT molecular complexity index is 889. The maximum Gasteiger partial charge on any atom is 0.232 e. The summed E-state index contributed by atoms with van der Waals surface area (Å²) in [6.45, 7) is 7.58. The van der Waals surface area contributed by atoms with Crippen molar-refractivity contribution in [1.82, 2.24) is 0 Å². The van der Waals surface area contributed by atoms with E-state index in [0.717, 1.165) is 11.1 Å². The van der Waals surface area contributed by atoms with Crippen molar-refractivity contribution in [2.24, 2.45) is 0 Å². The first-order chi connectivity index (χ1) is 12.3. The van der Waals surface area contributed by atoms with Crippen LogP contribution in [0.15, 0.2) is 42.2 Å². The van der Waals surface area contributed by atoms with Gasteiger partial charge in [-0.1, -0.05) is 38.1 Å². The molecule has 0 aromatic heterocycles. The van der Waals surface area contributed by atoms with E-state index in [1.165, 1.54) is 12.5 Å². The van der Waals surface area contributed by atoms with Gasteiger partial charge >= 0.3 is 0 Å². The molecule has 0 saturated carbocycles. The van der Waals surface area contributed by atoms with E-state index in [0.29, 0.717) is 28.7 Å². The lowest BCUT2D eigenvalue weighted by atomic mass is 10.0. The van der Waals surface area contributed by atoms with Gasteiger partial charge in [-0.05, 0) is 48.6 Å². The molecule has 0 N–H and O–H groups in total. The smallest absolute Gasteiger partial charge is 0.232 e. The van der Waals surface area contributed by atoms with Crippen molar-refractivity contribution in [1.29, 1.82) is 0 Å². The number of aryl methyl sites for hydroxylation is 1. The van der Waals surface area contributed by atoms with Gasteiger partial charge in [-0.25, -0.2) is 0 Å². The van der Waals surface area contributed by atoms with Crippen LogP contribution in [0.1, 0.15) is 53.7 Å². The Morgan fingerprint density at radius 3 is 2.50 bits per heavy atom. The molecule has 1 aliphatic rings. The first kappa shape index (κ1) is 17.9. The second-order valence-corrected chi connectivity index (χ2v) is 6.87. The first-order valence-corrected chi connectivity index (χ1v) is 8.66. The molecule has 0 bridgehead atoms. The van der Waals surface area contributed by atoms with Crippen LogP contribution in [0, 0.1) is 6.92 Å². The lowest BCUT2D eigenvalue weighted by Gasteiger charge is -2.07. The normalized spacial score (nSPS) is 14.5. The van der Waals surface area contributed by atoms with Crippen molar-refractivity contribution in [3.63, 3.8) is 0 Å². The molecule has 0 spiro atoms. The van der Waals surface area contributed by atoms with Gasteiger partial charge in [0.2, 0.25) is 5.78 Å². The predicted molar refractivity (Wildman–Crippen MR) is 101 cm³/mol. The number of hydrogen-bond acceptors (Lipinski definition) is 4. The SMILES string of the molecule is CC(=O)COc1cc(C)c2c(c1)O/C(=C\c1ccc(C(C)C)cc1)C2=O. The molecule has 0 unspecified atom stereocenters. The molecule has 2 aromatic rings. The van der Waals surface area contributed by atoms with Crippen LogP contribution in [0.5, 0.6) is 11.5 Å². The van der Waals surface area contributed by atoms with Crippen molar-refractivity contribution < 1.29 is 19.1 Å². The summed E-state index contributed by atoms with van der Waals surface area (Å²) in [4.78, 5) is 23.8. The van der Waals surface area contributed by atoms with Crippen LogP contribution in [0.4, 0.5) is 0 Å². The molecule has 0 amide bonds. The monoisotopic (exact) mass is 350 g/mol. The number of benzene rings is 2. The van der Waals surface area contributed by atoms with Gasteiger partial charge in [0.15, 0.2) is 11.5 Å². The highest BCUT2D eigenvalue weighted by molar-refractivity contribution is 6.15. The quantitative estimate of drug-likeness (QED) is 0.733. The first-order valence-electron chi connectivity index (χ1n) is 8.66. The van der Waals surface area contributed by atoms with Crippen LogP contribution in [-0.4, -0.2) is 18.2 Å². The molecule has 1 heterocycles. The van der Waals surface area contributed by atoms with Gasteiger partial charge in [0.1, 0.15) is 18.1 Å². The zero-order chi connectivity index (χ0) is 18.8. The lowest BCUT2D eigenvalue weighted by molar-refractivity contribution is -0.118. The Morgan fingerprint density at radius 2 is 1.88 bits per heavy atom. The fourth-order valence-electron chi connectivity index (χ4n) is 2.87. The Balaban J connectivity index is 1.86. The number of allylic oxidation sites excluding steroid dienone is 1. The summed E-state index contributed by atoms with van der Waals surface area (Å²) in [5.74, 6) is 1.55. The maximum atomic E-state index is 12.7. The van der Waals surface area contributed by atoms with Crippen LogP contribution in [0.3, 0.4) is 0 Å². The van der Waals surface area contributed by atoms with Gasteiger partial charge in [-0.15, -0.1) is 0 Å². The molecule has 4 nitrogen and oxygen atoms in total. The highest BCUT2D eigenvalue weighted by Crippen LogP contribution is 2.37. The van der Waals surface area contributed by atoms with Crippen LogP contribution in [0.25, 0.3) is 6.08 Å². The fourth-order valence-corrected chi connectivity index (χ4v) is 2.87. The van der Waals surface area contributed by atoms with E-state index in [1.54, 1.807) is 18.2 Å². The Labute approximate surface area is 153 Å². The zero-order valence-electron chi connectivity index (χ0n) is 15.5. The summed E-state index contributed by atoms with van der Waals surface area (Å²) in [6.07, 6.45) is 1.75. The molecule has 0 fully saturated rings. The third kappa shape index (κ3) is 3.69. The summed E-state index contributed by atoms with van der Waals surface area (Å²) < 4.78 is 11.2. The summed E-state index contributed by atoms with van der Waals surface area (Å²) in [5.41, 5.74) is 3.48. The summed E-state index contributed by atoms with van der Waals surface area (Å²) in [6, 6.07) is 11.5. The number of ketones is 2. The number of carbonyl (C=O) groups is 2. The van der Waals surface area contributed by atoms with Crippen molar-refractivity contribution >= 4 is 17.6 Å². The molecular formula is C22H22O4. The van der Waals surface area contributed by atoms with Crippen molar-refractivity contribution in [2.45, 2.75) is 33.6 Å². The van der Waals surface area contributed by atoms with Crippen molar-refractivity contribution in [3.8, 4) is 11.5 Å². The number of ether oxygens (including phenoxy) is 2. The minimum atomic E-state index is -0.136. The largest absolute Gasteiger partial charge is 0.486 e. The Kier molecular flexibility index (Phi) is 4.94. The second-order valence-electron chi connectivity index (χ2n) is 6.87. The third-order valence-electron chi connectivity index (χ3n) is 4.29. The fraction of sp³-hybridized carbons (Fsp3) is 0.273. The average Bonchev–Trinajstić information content (AvgIpc) is 2.89. The number of carbonyl (C=O) groups excluding carboxylic acids is 2. The van der Waals surface area contributed by atoms with E-state index in [1.807, 2.05) is 19.1 Å². The van der Waals surface area contributed by atoms with Gasteiger partial charge in [0.25, 0.3) is 0 Å². The molecule has 0 atom stereocenters. The number of hydrogen-bond donors (Lipinski definition) is 0. The van der Waals surface area contributed by atoms with Crippen LogP contribution < -0.4 is 9.47 Å². The van der Waals surface area contributed by atoms with Crippen LogP contribution in [-0.2, 0) is 4.79 Å². The molecule has 0 saturated heterocycles. The Hall–Kier alpha value is -2.88. The molecule has 26 heavy (non-hydrogen) atoms. The van der Waals surface area contributed by atoms with Gasteiger partial charge in [0, 0.05) is 6.07 Å². The van der Waals surface area contributed by atoms with Crippen LogP contribution in [0.2, 0.25) is 0 Å². The molecule has 3 rings (SSSR count). The van der Waals surface area contributed by atoms with Gasteiger partial charge < -0.3 is 9.47 Å². The molecule has 2 aromatic carbocycles. The average molecular weight is 350 g/mol. The predicted octanol–water partition coefficient (Wildman–Crippen LogP) is 4.70. The summed E-state index contributed by atoms with van der Waals surface area (Å²) in [7, 11) is 0. The summed E-state index contributed by atoms with van der Waals surface area (Å²) in [5, 5.41) is 0. The lowest BCUT2D eigenvalue weighted by Crippen LogP contribution is -2.06. The van der Waals surface area contributed by atoms with Gasteiger partial charge in [-0.2, -0.15) is 0 Å². The number of fused-ring (bicyclic) bond motifs is 1. The number of Topliss-reactive ketones (excluding diaryl/α,β-unsaturated/α-hetero) is 2. The highest BCUT2D eigenvalue weighted by Gasteiger charge is 2.30. The van der Waals surface area contributed by atoms with Gasteiger partial charge in [-0.3, -0.25) is 9.59 Å². The maximum absolute atomic E-state index is 12.7. The third-order valence-corrected chi connectivity index (χ3v) is 4.29. The molecule has 1 aliphatic heterocycles. The molecule has 0 aliphatic carbocycles. The van der Waals surface area contributed by atoms with Gasteiger partial charge in [0.05, 0.1) is 5.56 Å². The van der Waals surface area contributed by atoms with E-state index < -0.39 is 0 Å². The van der Waals surface area contributed by atoms with E-state index in [2.05, 4.69) is 26.0 Å². The zero-order valence-corrected chi connectivity index (χ0v) is 15.5. The van der Waals surface area contributed by atoms with Crippen molar-refractivity contribution in [3.05, 3.63) is 64.4 Å². The summed E-state index contributed by atoms with van der Waals surface area (Å²) >= 11 is 0. The van der Waals surface area contributed by atoms with Crippen molar-refractivity contribution in [2.75, 3.05) is 6.61 Å². The minimum Gasteiger partial charge on any atom is -0.486 e. The van der Waals surface area contributed by atoms with E-state index in [9.17, 15) is 9.59 Å². The van der Waals surface area contributed by atoms with E-state index in [4.69, 9.17) is 9.47 Å². The molecule has 4 heteroatoms. The standard InChI is InChI=1S/C22H22O4/c1-13(2)17-7-5-16(6-8-17)10-20-22(24)21-14(3)9-18(11-19(21)26-20)25-12-15(4)23/h5-11,13H,12H2,1-4H3/b20-10-. The number of rotatable bonds is 5. The van der Waals surface area contributed by atoms with E-state index in [-0.39, 0.29) is 18.2 Å². The topological polar surface area (TPSA) is 52.6 Å². The minimum absolute atomic E-state index is 0.00291. The van der Waals surface area contributed by atoms with Crippen LogP contribution >= 0.6 is 0 Å². The molecule has 134 valence electrons. The molecular weight excluding hydrogens is 328 g/mol. The molecule has 0 radical (unpaired) electrons. The Morgan fingerprint density at radius 1 is 1.19 bits per heavy atom. The van der Waals surface area contributed by atoms with E-state index >= 15 is 0 Å². The highest BCUT2D eigenvalue weighted by atomic mass is 16.5.